The lowest BCUT2D eigenvalue weighted by molar-refractivity contribution is -0.113. The molecule has 0 aliphatic heterocycles. The molecule has 0 aliphatic rings. The maximum atomic E-state index is 12.3. The number of nitrogens with one attached hydrogen (secondary N) is 2. The average Bonchev–Trinajstić information content (AvgIpc) is 3.13. The van der Waals surface area contributed by atoms with E-state index in [2.05, 4.69) is 20.8 Å². The summed E-state index contributed by atoms with van der Waals surface area (Å²) >= 11 is 1.32. The number of carbonyl (C=O) groups is 2. The number of hydrogen-bond acceptors (Lipinski definition) is 6. The summed E-state index contributed by atoms with van der Waals surface area (Å²) in [6.07, 6.45) is 0.528. The van der Waals surface area contributed by atoms with E-state index in [9.17, 15) is 9.59 Å². The van der Waals surface area contributed by atoms with E-state index >= 15 is 0 Å². The lowest BCUT2D eigenvalue weighted by Gasteiger charge is -2.09. The Morgan fingerprint density at radius 2 is 1.84 bits per heavy atom. The molecule has 3 rings (SSSR count). The van der Waals surface area contributed by atoms with E-state index in [-0.39, 0.29) is 17.6 Å². The van der Waals surface area contributed by atoms with Crippen LogP contribution in [0.3, 0.4) is 0 Å². The van der Waals surface area contributed by atoms with Gasteiger partial charge in [-0.1, -0.05) is 29.5 Å². The van der Waals surface area contributed by atoms with Crippen molar-refractivity contribution in [3.05, 3.63) is 65.0 Å². The first kappa shape index (κ1) is 23.3. The minimum absolute atomic E-state index is 0.0988. The van der Waals surface area contributed by atoms with Crippen molar-refractivity contribution in [3.63, 3.8) is 0 Å². The number of amides is 2. The van der Waals surface area contributed by atoms with Crippen LogP contribution in [0, 0.1) is 13.8 Å². The van der Waals surface area contributed by atoms with Crippen LogP contribution in [0.2, 0.25) is 0 Å². The molecule has 0 radical (unpaired) electrons. The van der Waals surface area contributed by atoms with Crippen LogP contribution in [0.25, 0.3) is 0 Å². The molecule has 0 aliphatic carbocycles. The van der Waals surface area contributed by atoms with Gasteiger partial charge in [-0.2, -0.15) is 0 Å². The van der Waals surface area contributed by atoms with Crippen LogP contribution < -0.4 is 15.4 Å². The van der Waals surface area contributed by atoms with Crippen molar-refractivity contribution in [2.75, 3.05) is 24.7 Å². The number of carbonyl (C=O) groups excluding carboxylic acids is 2. The number of aryl methyl sites for hydroxylation is 2. The lowest BCUT2D eigenvalue weighted by Crippen LogP contribution is -2.26. The molecule has 0 atom stereocenters. The van der Waals surface area contributed by atoms with E-state index < -0.39 is 0 Å². The van der Waals surface area contributed by atoms with Gasteiger partial charge in [0, 0.05) is 31.3 Å². The molecule has 2 aromatic carbocycles. The molecule has 9 heteroatoms. The van der Waals surface area contributed by atoms with Crippen LogP contribution >= 0.6 is 11.8 Å². The quantitative estimate of drug-likeness (QED) is 0.483. The molecule has 1 heterocycles. The van der Waals surface area contributed by atoms with Gasteiger partial charge in [-0.25, -0.2) is 0 Å². The van der Waals surface area contributed by atoms with Crippen LogP contribution in [0.15, 0.2) is 47.6 Å². The van der Waals surface area contributed by atoms with Gasteiger partial charge in [-0.15, -0.1) is 10.2 Å². The number of methoxy groups -OCH3 is 1. The van der Waals surface area contributed by atoms with Crippen LogP contribution in [0.4, 0.5) is 5.69 Å². The Bertz CT molecular complexity index is 1100. The summed E-state index contributed by atoms with van der Waals surface area (Å²) in [4.78, 5) is 24.6. The zero-order valence-corrected chi connectivity index (χ0v) is 19.5. The Labute approximate surface area is 191 Å². The van der Waals surface area contributed by atoms with Crippen molar-refractivity contribution in [1.82, 2.24) is 20.1 Å². The highest BCUT2D eigenvalue weighted by molar-refractivity contribution is 7.99. The second-order valence-corrected chi connectivity index (χ2v) is 8.29. The first-order valence-corrected chi connectivity index (χ1v) is 11.2. The molecule has 0 saturated carbocycles. The lowest BCUT2D eigenvalue weighted by atomic mass is 10.1. The molecule has 0 bridgehead atoms. The van der Waals surface area contributed by atoms with Gasteiger partial charge in [0.15, 0.2) is 5.16 Å². The highest BCUT2D eigenvalue weighted by Gasteiger charge is 2.13. The van der Waals surface area contributed by atoms with Crippen LogP contribution in [-0.2, 0) is 18.3 Å². The largest absolute Gasteiger partial charge is 0.497 e. The highest BCUT2D eigenvalue weighted by atomic mass is 32.2. The second-order valence-electron chi connectivity index (χ2n) is 7.35. The smallest absolute Gasteiger partial charge is 0.251 e. The van der Waals surface area contributed by atoms with Crippen LogP contribution in [-0.4, -0.2) is 46.0 Å². The molecule has 32 heavy (non-hydrogen) atoms. The van der Waals surface area contributed by atoms with E-state index in [1.807, 2.05) is 43.7 Å². The Balaban J connectivity index is 1.47. The number of nitrogens with zero attached hydrogens (tertiary/aromatic N) is 3. The maximum absolute atomic E-state index is 12.3. The van der Waals surface area contributed by atoms with Crippen LogP contribution in [0.5, 0.6) is 5.75 Å². The van der Waals surface area contributed by atoms with Crippen molar-refractivity contribution in [3.8, 4) is 5.75 Å². The highest BCUT2D eigenvalue weighted by Crippen LogP contribution is 2.19. The summed E-state index contributed by atoms with van der Waals surface area (Å²) in [6.45, 7) is 4.41. The van der Waals surface area contributed by atoms with Gasteiger partial charge in [0.25, 0.3) is 5.91 Å². The van der Waals surface area contributed by atoms with Gasteiger partial charge in [0.05, 0.1) is 12.9 Å². The average molecular weight is 454 g/mol. The van der Waals surface area contributed by atoms with Crippen molar-refractivity contribution >= 4 is 29.3 Å². The van der Waals surface area contributed by atoms with Crippen molar-refractivity contribution in [1.29, 1.82) is 0 Å². The van der Waals surface area contributed by atoms with Gasteiger partial charge in [-0.05, 0) is 49.7 Å². The first-order valence-electron chi connectivity index (χ1n) is 10.2. The first-order chi connectivity index (χ1) is 15.4. The van der Waals surface area contributed by atoms with Gasteiger partial charge in [0.1, 0.15) is 11.6 Å². The molecule has 1 aromatic heterocycles. The monoisotopic (exact) mass is 453 g/mol. The molecule has 8 nitrogen and oxygen atoms in total. The van der Waals surface area contributed by atoms with Gasteiger partial charge >= 0.3 is 0 Å². The summed E-state index contributed by atoms with van der Waals surface area (Å²) in [5.74, 6) is 1.41. The Morgan fingerprint density at radius 1 is 1.09 bits per heavy atom. The molecule has 0 saturated heterocycles. The van der Waals surface area contributed by atoms with E-state index in [0.717, 1.165) is 22.6 Å². The number of anilines is 1. The number of rotatable bonds is 9. The molecule has 168 valence electrons. The fourth-order valence-corrected chi connectivity index (χ4v) is 3.82. The van der Waals surface area contributed by atoms with Crippen LogP contribution in [0.1, 0.15) is 27.3 Å². The number of ether oxygens (including phenoxy) is 1. The standard InChI is InChI=1S/C23H27N5O3S/c1-15-5-10-19(16(2)13-15)25-21(29)14-32-23-27-26-20(28(23)3)11-12-24-22(30)17-6-8-18(31-4)9-7-17/h5-10,13H,11-12,14H2,1-4H3,(H,24,30)(H,25,29). The van der Waals surface area contributed by atoms with Gasteiger partial charge in [0.2, 0.25) is 5.91 Å². The minimum atomic E-state index is -0.160. The van der Waals surface area contributed by atoms with Gasteiger partial charge < -0.3 is 19.9 Å². The normalized spacial score (nSPS) is 10.6. The third kappa shape index (κ3) is 6.10. The molecule has 0 unspecified atom stereocenters. The molecular formula is C23H27N5O3S. The van der Waals surface area contributed by atoms with Crippen molar-refractivity contribution in [2.45, 2.75) is 25.4 Å². The molecular weight excluding hydrogens is 426 g/mol. The van der Waals surface area contributed by atoms with Gasteiger partial charge in [-0.3, -0.25) is 9.59 Å². The summed E-state index contributed by atoms with van der Waals surface area (Å²) in [5.41, 5.74) is 3.56. The third-order valence-corrected chi connectivity index (χ3v) is 5.92. The van der Waals surface area contributed by atoms with Crippen molar-refractivity contribution < 1.29 is 14.3 Å². The number of thioether (sulfide) groups is 1. The van der Waals surface area contributed by atoms with E-state index in [4.69, 9.17) is 4.74 Å². The number of aromatic nitrogens is 3. The minimum Gasteiger partial charge on any atom is -0.497 e. The maximum Gasteiger partial charge on any atom is 0.251 e. The Kier molecular flexibility index (Phi) is 7.88. The third-order valence-electron chi connectivity index (χ3n) is 4.90. The summed E-state index contributed by atoms with van der Waals surface area (Å²) in [6, 6.07) is 12.8. The van der Waals surface area contributed by atoms with E-state index in [0.29, 0.717) is 29.4 Å². The molecule has 0 fully saturated rings. The summed E-state index contributed by atoms with van der Waals surface area (Å²) in [7, 11) is 3.44. The Morgan fingerprint density at radius 3 is 2.53 bits per heavy atom. The zero-order chi connectivity index (χ0) is 23.1. The number of benzene rings is 2. The fraction of sp³-hybridized carbons (Fsp3) is 0.304. The SMILES string of the molecule is COc1ccc(C(=O)NCCc2nnc(SCC(=O)Nc3ccc(C)cc3C)n2C)cc1. The fourth-order valence-electron chi connectivity index (χ4n) is 3.09. The summed E-state index contributed by atoms with van der Waals surface area (Å²) in [5, 5.41) is 14.8. The van der Waals surface area contributed by atoms with E-state index in [1.54, 1.807) is 31.4 Å². The van der Waals surface area contributed by atoms with Crippen molar-refractivity contribution in [2.24, 2.45) is 7.05 Å². The molecule has 3 aromatic rings. The van der Waals surface area contributed by atoms with E-state index in [1.165, 1.54) is 11.8 Å². The molecule has 2 amide bonds. The molecule has 0 spiro atoms. The predicted molar refractivity (Wildman–Crippen MR) is 125 cm³/mol. The molecule has 2 N–H and O–H groups in total. The summed E-state index contributed by atoms with van der Waals surface area (Å²) < 4.78 is 6.94. The Hall–Kier alpha value is -3.33. The predicted octanol–water partition coefficient (Wildman–Crippen LogP) is 3.14. The second kappa shape index (κ2) is 10.8. The topological polar surface area (TPSA) is 98.1 Å². The number of hydrogen-bond donors (Lipinski definition) is 2. The zero-order valence-electron chi connectivity index (χ0n) is 18.6.